The average Bonchev–Trinajstić information content (AvgIpc) is 2.39. The van der Waals surface area contributed by atoms with Crippen LogP contribution >= 0.6 is 21.6 Å². The largest absolute Gasteiger partial charge is 0.654 e. The molecule has 0 aliphatic heterocycles. The summed E-state index contributed by atoms with van der Waals surface area (Å²) in [5, 5.41) is 9.17. The second kappa shape index (κ2) is 6.27. The summed E-state index contributed by atoms with van der Waals surface area (Å²) < 4.78 is 5.02. The molecule has 2 nitrogen and oxygen atoms in total. The van der Waals surface area contributed by atoms with E-state index < -0.39 is 0 Å². The summed E-state index contributed by atoms with van der Waals surface area (Å²) >= 11 is 2.22. The van der Waals surface area contributed by atoms with Gasteiger partial charge in [0.25, 0.3) is 0 Å². The average molecular weight is 276 g/mol. The fourth-order valence-corrected chi connectivity index (χ4v) is 3.26. The van der Waals surface area contributed by atoms with E-state index in [-0.39, 0.29) is 0 Å². The van der Waals surface area contributed by atoms with Gasteiger partial charge < -0.3 is 8.90 Å². The molecular weight excluding hydrogens is 267 g/mol. The molecule has 1 N–H and O–H groups in total. The van der Waals surface area contributed by atoms with E-state index in [0.29, 0.717) is 5.75 Å². The monoisotopic (exact) mass is 276 g/mol. The summed E-state index contributed by atoms with van der Waals surface area (Å²) in [6.07, 6.45) is 0. The molecule has 2 rings (SSSR count). The normalized spacial score (nSPS) is 10.1. The van der Waals surface area contributed by atoms with Crippen molar-refractivity contribution in [2.75, 3.05) is 0 Å². The van der Waals surface area contributed by atoms with Gasteiger partial charge in [-0.15, -0.1) is 0 Å². The number of hydrogen-bond acceptors (Lipinski definition) is 4. The van der Waals surface area contributed by atoms with Gasteiger partial charge >= 0.3 is 16.6 Å². The Hall–Kier alpha value is -0.728. The Kier molecular flexibility index (Phi) is 4.69. The minimum absolute atomic E-state index is 0.293. The fourth-order valence-electron chi connectivity index (χ4n) is 1.17. The highest BCUT2D eigenvalue weighted by atomic mass is 33.1. The topological polar surface area (TPSA) is 29.5 Å². The lowest BCUT2D eigenvalue weighted by atomic mass is 10.3. The molecule has 0 bridgehead atoms. The standard InChI is InChI=1S/C12H10O2S2.Al/c13-9-1-5-11(6-2-9)15-16-12-7-3-10(14)4-8-12;/h1-8,13-14H;/q;+1/p-1. The Balaban J connectivity index is 1.95. The van der Waals surface area contributed by atoms with Crippen molar-refractivity contribution in [2.24, 2.45) is 0 Å². The second-order valence-electron chi connectivity index (χ2n) is 3.25. The van der Waals surface area contributed by atoms with Crippen LogP contribution in [0.2, 0.25) is 0 Å². The zero-order valence-electron chi connectivity index (χ0n) is 8.87. The third-order valence-electron chi connectivity index (χ3n) is 2.03. The number of phenols is 1. The summed E-state index contributed by atoms with van der Waals surface area (Å²) in [4.78, 5) is 2.27. The van der Waals surface area contributed by atoms with Crippen LogP contribution in [-0.4, -0.2) is 21.7 Å². The molecule has 2 radical (unpaired) electrons. The minimum atomic E-state index is 0.293. The Bertz CT molecular complexity index is 471. The van der Waals surface area contributed by atoms with Crippen molar-refractivity contribution in [1.82, 2.24) is 0 Å². The maximum atomic E-state index is 9.17. The van der Waals surface area contributed by atoms with Gasteiger partial charge in [0.05, 0.1) is 5.75 Å². The molecule has 5 heteroatoms. The third-order valence-corrected chi connectivity index (χ3v) is 4.72. The molecule has 0 aliphatic rings. The first-order valence-corrected chi connectivity index (χ1v) is 7.50. The molecule has 0 saturated heterocycles. The molecule has 0 saturated carbocycles. The third kappa shape index (κ3) is 3.90. The van der Waals surface area contributed by atoms with E-state index in [2.05, 4.69) is 16.6 Å². The molecule has 0 aliphatic carbocycles. The zero-order chi connectivity index (χ0) is 12.1. The van der Waals surface area contributed by atoms with E-state index in [9.17, 15) is 0 Å². The first-order valence-electron chi connectivity index (χ1n) is 4.88. The van der Waals surface area contributed by atoms with Gasteiger partial charge in [-0.25, -0.2) is 0 Å². The lowest BCUT2D eigenvalue weighted by Gasteiger charge is -2.04. The molecule has 0 amide bonds. The predicted molar refractivity (Wildman–Crippen MR) is 72.6 cm³/mol. The van der Waals surface area contributed by atoms with Gasteiger partial charge in [0.1, 0.15) is 5.75 Å². The van der Waals surface area contributed by atoms with Crippen LogP contribution in [0.1, 0.15) is 0 Å². The molecule has 0 spiro atoms. The van der Waals surface area contributed by atoms with Crippen molar-refractivity contribution in [1.29, 1.82) is 0 Å². The van der Waals surface area contributed by atoms with Crippen LogP contribution in [0.3, 0.4) is 0 Å². The predicted octanol–water partition coefficient (Wildman–Crippen LogP) is 3.65. The SMILES string of the molecule is Oc1ccc(SSc2ccc([O][Al])cc2)cc1. The van der Waals surface area contributed by atoms with Crippen LogP contribution in [0.25, 0.3) is 0 Å². The van der Waals surface area contributed by atoms with Crippen molar-refractivity contribution in [3.63, 3.8) is 0 Å². The van der Waals surface area contributed by atoms with Crippen molar-refractivity contribution in [2.45, 2.75) is 9.79 Å². The first kappa shape index (κ1) is 12.7. The molecule has 2 aromatic rings. The van der Waals surface area contributed by atoms with Crippen molar-refractivity contribution >= 4 is 38.2 Å². The van der Waals surface area contributed by atoms with Crippen LogP contribution < -0.4 is 3.79 Å². The second-order valence-corrected chi connectivity index (χ2v) is 5.76. The van der Waals surface area contributed by atoms with Gasteiger partial charge in [-0.3, -0.25) is 0 Å². The van der Waals surface area contributed by atoms with Gasteiger partial charge in [0.15, 0.2) is 0 Å². The van der Waals surface area contributed by atoms with E-state index >= 15 is 0 Å². The lowest BCUT2D eigenvalue weighted by Crippen LogP contribution is -1.83. The Morgan fingerprint density at radius 2 is 1.29 bits per heavy atom. The highest BCUT2D eigenvalue weighted by Crippen LogP contribution is 2.38. The molecule has 2 aromatic carbocycles. The molecule has 0 atom stereocenters. The Morgan fingerprint density at radius 1 is 0.824 bits per heavy atom. The summed E-state index contributed by atoms with van der Waals surface area (Å²) in [5.41, 5.74) is 0. The quantitative estimate of drug-likeness (QED) is 0.682. The molecule has 0 heterocycles. The van der Waals surface area contributed by atoms with E-state index in [4.69, 9.17) is 8.90 Å². The van der Waals surface area contributed by atoms with E-state index in [1.54, 1.807) is 33.7 Å². The smallest absolute Gasteiger partial charge is 0.482 e. The molecule has 0 aromatic heterocycles. The summed E-state index contributed by atoms with van der Waals surface area (Å²) in [7, 11) is 3.33. The van der Waals surface area contributed by atoms with Crippen molar-refractivity contribution in [3.05, 3.63) is 48.5 Å². The van der Waals surface area contributed by atoms with Crippen molar-refractivity contribution in [3.8, 4) is 11.5 Å². The Labute approximate surface area is 117 Å². The molecule has 0 unspecified atom stereocenters. The van der Waals surface area contributed by atoms with Crippen molar-refractivity contribution < 1.29 is 8.90 Å². The minimum Gasteiger partial charge on any atom is -0.654 e. The van der Waals surface area contributed by atoms with Crippen LogP contribution in [0.15, 0.2) is 58.3 Å². The first-order chi connectivity index (χ1) is 8.28. The van der Waals surface area contributed by atoms with E-state index in [1.807, 2.05) is 36.4 Å². The van der Waals surface area contributed by atoms with Gasteiger partial charge in [0.2, 0.25) is 0 Å². The summed E-state index contributed by atoms with van der Waals surface area (Å²) in [6, 6.07) is 15.0. The molecular formula is C12H9AlO2S2. The van der Waals surface area contributed by atoms with Crippen LogP contribution in [0.5, 0.6) is 11.5 Å². The number of rotatable bonds is 4. The number of benzene rings is 2. The summed E-state index contributed by atoms with van der Waals surface area (Å²) in [6.45, 7) is 0. The van der Waals surface area contributed by atoms with Gasteiger partial charge in [-0.1, -0.05) is 21.6 Å². The van der Waals surface area contributed by atoms with Crippen LogP contribution in [0, 0.1) is 0 Å². The number of hydrogen-bond donors (Lipinski definition) is 1. The molecule has 84 valence electrons. The maximum Gasteiger partial charge on any atom is 0.482 e. The lowest BCUT2D eigenvalue weighted by molar-refractivity contribution is 0.475. The number of aromatic hydroxyl groups is 1. The Morgan fingerprint density at radius 3 is 1.76 bits per heavy atom. The number of phenolic OH excluding ortho intramolecular Hbond substituents is 1. The fraction of sp³-hybridized carbons (Fsp3) is 0. The van der Waals surface area contributed by atoms with Crippen LogP contribution in [0.4, 0.5) is 0 Å². The van der Waals surface area contributed by atoms with E-state index in [1.165, 1.54) is 0 Å². The van der Waals surface area contributed by atoms with Gasteiger partial charge in [-0.2, -0.15) is 0 Å². The van der Waals surface area contributed by atoms with Gasteiger partial charge in [0, 0.05) is 9.79 Å². The zero-order valence-corrected chi connectivity index (χ0v) is 11.7. The maximum absolute atomic E-state index is 9.17. The molecule has 17 heavy (non-hydrogen) atoms. The highest BCUT2D eigenvalue weighted by molar-refractivity contribution is 8.76. The van der Waals surface area contributed by atoms with Gasteiger partial charge in [-0.05, 0) is 48.5 Å². The summed E-state index contributed by atoms with van der Waals surface area (Å²) in [5.74, 6) is 1.12. The van der Waals surface area contributed by atoms with E-state index in [0.717, 1.165) is 15.5 Å². The molecule has 0 fully saturated rings. The van der Waals surface area contributed by atoms with Crippen LogP contribution in [-0.2, 0) is 0 Å². The highest BCUT2D eigenvalue weighted by Gasteiger charge is 1.98.